The van der Waals surface area contributed by atoms with Gasteiger partial charge in [-0.05, 0) is 61.0 Å². The summed E-state index contributed by atoms with van der Waals surface area (Å²) >= 11 is 0. The van der Waals surface area contributed by atoms with E-state index in [0.717, 1.165) is 31.9 Å². The van der Waals surface area contributed by atoms with E-state index in [2.05, 4.69) is 9.80 Å². The number of aryl methyl sites for hydroxylation is 1. The van der Waals surface area contributed by atoms with Crippen molar-refractivity contribution < 1.29 is 23.0 Å². The Labute approximate surface area is 213 Å². The van der Waals surface area contributed by atoms with Crippen molar-refractivity contribution >= 4 is 16.7 Å². The quantitative estimate of drug-likeness (QED) is 0.395. The van der Waals surface area contributed by atoms with Gasteiger partial charge in [0.25, 0.3) is 0 Å². The molecule has 1 N–H and O–H groups in total. The number of piperazine rings is 1. The second kappa shape index (κ2) is 10.7. The van der Waals surface area contributed by atoms with Gasteiger partial charge in [0.2, 0.25) is 5.43 Å². The first-order valence-corrected chi connectivity index (χ1v) is 12.2. The molecule has 0 bridgehead atoms. The molecule has 1 aromatic heterocycles. The lowest BCUT2D eigenvalue weighted by atomic mass is 10.0. The Morgan fingerprint density at radius 2 is 1.59 bits per heavy atom. The van der Waals surface area contributed by atoms with Gasteiger partial charge in [-0.2, -0.15) is 0 Å². The number of ether oxygens (including phenoxy) is 1. The molecule has 4 aromatic rings. The highest BCUT2D eigenvalue weighted by Crippen LogP contribution is 2.27. The normalized spacial score (nSPS) is 15.2. The lowest BCUT2D eigenvalue weighted by Crippen LogP contribution is -2.49. The second-order valence-electron chi connectivity index (χ2n) is 9.26. The maximum absolute atomic E-state index is 13.3. The van der Waals surface area contributed by atoms with Gasteiger partial charge in [-0.1, -0.05) is 12.1 Å². The van der Waals surface area contributed by atoms with Gasteiger partial charge in [-0.15, -0.1) is 0 Å². The molecule has 0 amide bonds. The van der Waals surface area contributed by atoms with Crippen molar-refractivity contribution in [3.8, 4) is 16.9 Å². The van der Waals surface area contributed by atoms with Crippen molar-refractivity contribution in [3.05, 3.63) is 94.3 Å². The minimum absolute atomic E-state index is 0.0978. The van der Waals surface area contributed by atoms with Crippen LogP contribution >= 0.6 is 0 Å². The Bertz CT molecular complexity index is 1430. The minimum Gasteiger partial charge on any atom is -0.491 e. The first kappa shape index (κ1) is 24.9. The molecule has 2 heterocycles. The molecule has 6 nitrogen and oxygen atoms in total. The third-order valence-corrected chi connectivity index (χ3v) is 6.65. The molecule has 0 saturated carbocycles. The standard InChI is InChI=1S/C29H28F2N2O4/c1-19-28(20-2-4-21(30)5-3-20)29(35)26-11-10-25(16-27(26)37-19)36-18-24(34)17-32-12-14-33(15-13-32)23-8-6-22(31)7-9-23/h2-11,16,24,34H,12-15,17-18H2,1H3/t24-/m1/s1. The number of hydrogen-bond donors (Lipinski definition) is 1. The number of anilines is 1. The van der Waals surface area contributed by atoms with E-state index in [1.54, 1.807) is 49.4 Å². The molecule has 1 saturated heterocycles. The number of aliphatic hydroxyl groups excluding tert-OH is 1. The second-order valence-corrected chi connectivity index (χ2v) is 9.26. The van der Waals surface area contributed by atoms with Gasteiger partial charge in [-0.25, -0.2) is 8.78 Å². The van der Waals surface area contributed by atoms with Gasteiger partial charge in [-0.3, -0.25) is 9.69 Å². The number of rotatable bonds is 7. The van der Waals surface area contributed by atoms with Crippen molar-refractivity contribution in [2.45, 2.75) is 13.0 Å². The van der Waals surface area contributed by atoms with E-state index < -0.39 is 6.10 Å². The van der Waals surface area contributed by atoms with E-state index in [9.17, 15) is 18.7 Å². The highest BCUT2D eigenvalue weighted by Gasteiger charge is 2.20. The molecule has 1 aliphatic rings. The summed E-state index contributed by atoms with van der Waals surface area (Å²) in [7, 11) is 0. The van der Waals surface area contributed by atoms with Crippen molar-refractivity contribution in [2.24, 2.45) is 0 Å². The highest BCUT2D eigenvalue weighted by atomic mass is 19.1. The number of nitrogens with zero attached hydrogens (tertiary/aromatic N) is 2. The van der Waals surface area contributed by atoms with Crippen molar-refractivity contribution in [2.75, 3.05) is 44.2 Å². The maximum Gasteiger partial charge on any atom is 0.200 e. The van der Waals surface area contributed by atoms with Crippen LogP contribution in [0.25, 0.3) is 22.1 Å². The molecule has 0 unspecified atom stereocenters. The van der Waals surface area contributed by atoms with Gasteiger partial charge in [0.05, 0.1) is 10.9 Å². The Morgan fingerprint density at radius 3 is 2.27 bits per heavy atom. The molecule has 1 atom stereocenters. The van der Waals surface area contributed by atoms with E-state index in [1.165, 1.54) is 24.3 Å². The number of β-amino-alcohol motifs (C(OH)–C–C–N with tert-alkyl or cyclic N) is 1. The Hall–Kier alpha value is -3.75. The molecule has 8 heteroatoms. The van der Waals surface area contributed by atoms with Gasteiger partial charge in [0.1, 0.15) is 41.4 Å². The van der Waals surface area contributed by atoms with Crippen LogP contribution in [0.5, 0.6) is 5.75 Å². The van der Waals surface area contributed by atoms with Crippen LogP contribution in [-0.2, 0) is 0 Å². The van der Waals surface area contributed by atoms with Gasteiger partial charge in [0, 0.05) is 44.5 Å². The van der Waals surface area contributed by atoms with E-state index >= 15 is 0 Å². The molecular weight excluding hydrogens is 478 g/mol. The van der Waals surface area contributed by atoms with E-state index in [0.29, 0.717) is 40.2 Å². The topological polar surface area (TPSA) is 66.2 Å². The van der Waals surface area contributed by atoms with E-state index in [4.69, 9.17) is 9.15 Å². The lowest BCUT2D eigenvalue weighted by Gasteiger charge is -2.36. The van der Waals surface area contributed by atoms with E-state index in [-0.39, 0.29) is 23.7 Å². The first-order chi connectivity index (χ1) is 17.9. The highest BCUT2D eigenvalue weighted by molar-refractivity contribution is 5.83. The van der Waals surface area contributed by atoms with Crippen LogP contribution in [0.2, 0.25) is 0 Å². The summed E-state index contributed by atoms with van der Waals surface area (Å²) in [6.45, 7) is 5.42. The number of aliphatic hydroxyl groups is 1. The lowest BCUT2D eigenvalue weighted by molar-refractivity contribution is 0.0663. The number of fused-ring (bicyclic) bond motifs is 1. The summed E-state index contributed by atoms with van der Waals surface area (Å²) in [5, 5.41) is 10.9. The summed E-state index contributed by atoms with van der Waals surface area (Å²) in [4.78, 5) is 17.5. The van der Waals surface area contributed by atoms with Crippen molar-refractivity contribution in [1.82, 2.24) is 4.90 Å². The molecule has 3 aromatic carbocycles. The number of halogens is 2. The summed E-state index contributed by atoms with van der Waals surface area (Å²) < 4.78 is 38.2. The van der Waals surface area contributed by atoms with E-state index in [1.807, 2.05) is 0 Å². The average molecular weight is 507 g/mol. The summed E-state index contributed by atoms with van der Waals surface area (Å²) in [5.41, 5.74) is 2.18. The van der Waals surface area contributed by atoms with Crippen LogP contribution in [0.1, 0.15) is 5.76 Å². The zero-order chi connectivity index (χ0) is 25.9. The Balaban J connectivity index is 1.18. The molecule has 37 heavy (non-hydrogen) atoms. The van der Waals surface area contributed by atoms with Crippen LogP contribution in [0.15, 0.2) is 75.9 Å². The summed E-state index contributed by atoms with van der Waals surface area (Å²) in [6.07, 6.45) is -0.692. The minimum atomic E-state index is -0.692. The fourth-order valence-corrected chi connectivity index (χ4v) is 4.71. The maximum atomic E-state index is 13.3. The Morgan fingerprint density at radius 1 is 0.946 bits per heavy atom. The van der Waals surface area contributed by atoms with Crippen molar-refractivity contribution in [3.63, 3.8) is 0 Å². The summed E-state index contributed by atoms with van der Waals surface area (Å²) in [5.74, 6) is 0.303. The van der Waals surface area contributed by atoms with Crippen LogP contribution in [0.4, 0.5) is 14.5 Å². The largest absolute Gasteiger partial charge is 0.491 e. The molecule has 192 valence electrons. The average Bonchev–Trinajstić information content (AvgIpc) is 2.89. The predicted molar refractivity (Wildman–Crippen MR) is 139 cm³/mol. The first-order valence-electron chi connectivity index (χ1n) is 12.2. The third-order valence-electron chi connectivity index (χ3n) is 6.65. The molecular formula is C29H28F2N2O4. The third kappa shape index (κ3) is 5.65. The van der Waals surface area contributed by atoms with Gasteiger partial charge in [0.15, 0.2) is 0 Å². The van der Waals surface area contributed by atoms with Gasteiger partial charge >= 0.3 is 0 Å². The molecule has 1 aliphatic heterocycles. The van der Waals surface area contributed by atoms with Crippen LogP contribution in [0.3, 0.4) is 0 Å². The summed E-state index contributed by atoms with van der Waals surface area (Å²) in [6, 6.07) is 17.2. The smallest absolute Gasteiger partial charge is 0.200 e. The molecule has 0 aliphatic carbocycles. The van der Waals surface area contributed by atoms with Crippen molar-refractivity contribution in [1.29, 1.82) is 0 Å². The monoisotopic (exact) mass is 506 g/mol. The fraction of sp³-hybridized carbons (Fsp3) is 0.276. The van der Waals surface area contributed by atoms with Crippen LogP contribution in [0, 0.1) is 18.6 Å². The molecule has 5 rings (SSSR count). The van der Waals surface area contributed by atoms with Crippen LogP contribution in [-0.4, -0.2) is 55.4 Å². The Kier molecular flexibility index (Phi) is 7.21. The zero-order valence-electron chi connectivity index (χ0n) is 20.5. The molecule has 0 spiro atoms. The SMILES string of the molecule is Cc1oc2cc(OC[C@H](O)CN3CCN(c4ccc(F)cc4)CC3)ccc2c(=O)c1-c1ccc(F)cc1. The molecule has 1 fully saturated rings. The fourth-order valence-electron chi connectivity index (χ4n) is 4.71. The van der Waals surface area contributed by atoms with Crippen LogP contribution < -0.4 is 15.1 Å². The number of benzene rings is 3. The predicted octanol–water partition coefficient (Wildman–Crippen LogP) is 4.61. The molecule has 0 radical (unpaired) electrons. The zero-order valence-corrected chi connectivity index (χ0v) is 20.5. The van der Waals surface area contributed by atoms with Gasteiger partial charge < -0.3 is 19.2 Å². The number of hydrogen-bond acceptors (Lipinski definition) is 6.